The van der Waals surface area contributed by atoms with Gasteiger partial charge in [0.2, 0.25) is 0 Å². The molecule has 1 fully saturated rings. The molecule has 0 saturated carbocycles. The van der Waals surface area contributed by atoms with Crippen molar-refractivity contribution in [2.45, 2.75) is 31.7 Å². The molecule has 1 aliphatic heterocycles. The first kappa shape index (κ1) is 21.0. The maximum Gasteiger partial charge on any atom is 0.409 e. The summed E-state index contributed by atoms with van der Waals surface area (Å²) in [5, 5.41) is 24.9. The number of aliphatic carboxylic acids is 2. The molecule has 26 heavy (non-hydrogen) atoms. The van der Waals surface area contributed by atoms with Gasteiger partial charge in [0.05, 0.1) is 24.4 Å². The number of rotatable bonds is 7. The molecule has 1 heterocycles. The Morgan fingerprint density at radius 3 is 2.46 bits per heavy atom. The Morgan fingerprint density at radius 1 is 1.35 bits per heavy atom. The van der Waals surface area contributed by atoms with Crippen LogP contribution in [0, 0.1) is 17.2 Å². The van der Waals surface area contributed by atoms with E-state index in [1.54, 1.807) is 18.0 Å². The number of carbonyl (C=O) groups is 3. The molecular formula is C18H22N2O6. The lowest BCUT2D eigenvalue weighted by Crippen LogP contribution is -2.30. The maximum absolute atomic E-state index is 11.1. The minimum absolute atomic E-state index is 0.0737. The van der Waals surface area contributed by atoms with E-state index in [9.17, 15) is 14.4 Å². The zero-order valence-corrected chi connectivity index (χ0v) is 14.5. The summed E-state index contributed by atoms with van der Waals surface area (Å²) in [4.78, 5) is 33.2. The minimum Gasteiger partial charge on any atom is -0.481 e. The first-order valence-corrected chi connectivity index (χ1v) is 8.10. The van der Waals surface area contributed by atoms with Crippen LogP contribution in [0.1, 0.15) is 24.8 Å². The molecule has 1 aromatic rings. The second-order valence-electron chi connectivity index (χ2n) is 5.86. The van der Waals surface area contributed by atoms with Gasteiger partial charge in [-0.25, -0.2) is 4.79 Å². The molecule has 1 aliphatic rings. The molecule has 0 aliphatic carbocycles. The molecule has 0 bridgehead atoms. The van der Waals surface area contributed by atoms with Crippen molar-refractivity contribution in [2.75, 3.05) is 13.7 Å². The van der Waals surface area contributed by atoms with Crippen LogP contribution in [-0.2, 0) is 20.7 Å². The van der Waals surface area contributed by atoms with E-state index in [1.807, 2.05) is 18.2 Å². The fraction of sp³-hybridized carbons (Fsp3) is 0.444. The number of carboxylic acid groups (broad SMARTS) is 2. The van der Waals surface area contributed by atoms with Crippen molar-refractivity contribution in [1.82, 2.24) is 4.90 Å². The molecule has 1 saturated heterocycles. The Bertz CT molecular complexity index is 655. The third-order valence-electron chi connectivity index (χ3n) is 3.92. The standard InChI is InChI=1S/C11H13NO2.C7H9NO4/c1-12-10(8-14-11(12)13)7-9-5-3-2-4-6-9;8-3-1-2-5(7(11)12)4-6(9)10/h2-6,10H,7-8H2,1H3;5H,1-2,4H2,(H,9,10)(H,11,12)/t10-;5-/m11/s1. The van der Waals surface area contributed by atoms with Gasteiger partial charge < -0.3 is 19.8 Å². The van der Waals surface area contributed by atoms with Gasteiger partial charge >= 0.3 is 18.0 Å². The first-order valence-electron chi connectivity index (χ1n) is 8.10. The molecule has 2 rings (SSSR count). The fourth-order valence-electron chi connectivity index (χ4n) is 2.37. The largest absolute Gasteiger partial charge is 0.481 e. The van der Waals surface area contributed by atoms with E-state index in [0.717, 1.165) is 6.42 Å². The Morgan fingerprint density at radius 2 is 2.00 bits per heavy atom. The Kier molecular flexibility index (Phi) is 8.64. The number of ether oxygens (including phenoxy) is 1. The highest BCUT2D eigenvalue weighted by atomic mass is 16.6. The molecule has 1 aromatic carbocycles. The van der Waals surface area contributed by atoms with E-state index in [-0.39, 0.29) is 25.0 Å². The molecule has 0 spiro atoms. The average molecular weight is 362 g/mol. The molecular weight excluding hydrogens is 340 g/mol. The van der Waals surface area contributed by atoms with Crippen LogP contribution >= 0.6 is 0 Å². The number of hydrogen-bond acceptors (Lipinski definition) is 5. The number of carboxylic acids is 2. The topological polar surface area (TPSA) is 128 Å². The van der Waals surface area contributed by atoms with Crippen LogP contribution < -0.4 is 0 Å². The summed E-state index contributed by atoms with van der Waals surface area (Å²) < 4.78 is 4.94. The van der Waals surface area contributed by atoms with E-state index in [1.165, 1.54) is 5.56 Å². The normalized spacial score (nSPS) is 16.7. The van der Waals surface area contributed by atoms with Gasteiger partial charge in [-0.1, -0.05) is 30.3 Å². The lowest BCUT2D eigenvalue weighted by Gasteiger charge is -2.15. The maximum atomic E-state index is 11.1. The second kappa shape index (κ2) is 10.7. The number of cyclic esters (lactones) is 1. The van der Waals surface area contributed by atoms with Crippen molar-refractivity contribution in [3.63, 3.8) is 0 Å². The van der Waals surface area contributed by atoms with Crippen molar-refractivity contribution >= 4 is 18.0 Å². The van der Waals surface area contributed by atoms with Crippen LogP contribution in [0.3, 0.4) is 0 Å². The van der Waals surface area contributed by atoms with Gasteiger partial charge in [0.1, 0.15) is 6.61 Å². The monoisotopic (exact) mass is 362 g/mol. The van der Waals surface area contributed by atoms with Gasteiger partial charge in [0, 0.05) is 13.5 Å². The lowest BCUT2D eigenvalue weighted by molar-refractivity contribution is -0.148. The van der Waals surface area contributed by atoms with Crippen LogP contribution in [0.25, 0.3) is 0 Å². The summed E-state index contributed by atoms with van der Waals surface area (Å²) >= 11 is 0. The predicted molar refractivity (Wildman–Crippen MR) is 91.3 cm³/mol. The van der Waals surface area contributed by atoms with Gasteiger partial charge in [-0.05, 0) is 18.4 Å². The Labute approximate surface area is 151 Å². The van der Waals surface area contributed by atoms with Crippen molar-refractivity contribution in [3.8, 4) is 6.07 Å². The van der Waals surface area contributed by atoms with Crippen LogP contribution in [0.5, 0.6) is 0 Å². The average Bonchev–Trinajstić information content (AvgIpc) is 2.92. The number of nitrogens with zero attached hydrogens (tertiary/aromatic N) is 2. The van der Waals surface area contributed by atoms with Crippen LogP contribution in [-0.4, -0.2) is 52.8 Å². The molecule has 140 valence electrons. The summed E-state index contributed by atoms with van der Waals surface area (Å²) in [6.45, 7) is 0.504. The summed E-state index contributed by atoms with van der Waals surface area (Å²) in [7, 11) is 1.78. The Balaban J connectivity index is 0.000000265. The summed E-state index contributed by atoms with van der Waals surface area (Å²) in [5.41, 5.74) is 1.24. The number of likely N-dealkylation sites (N-methyl/N-ethyl adjacent to an activating group) is 1. The highest BCUT2D eigenvalue weighted by Gasteiger charge is 2.29. The number of hydrogen-bond donors (Lipinski definition) is 2. The smallest absolute Gasteiger partial charge is 0.409 e. The number of nitriles is 1. The number of amides is 1. The van der Waals surface area contributed by atoms with E-state index in [0.29, 0.717) is 6.61 Å². The molecule has 8 heteroatoms. The first-order chi connectivity index (χ1) is 12.3. The SMILES string of the molecule is CN1C(=O)OC[C@H]1Cc1ccccc1.N#CCC[C@H](CC(=O)O)C(=O)O. The van der Waals surface area contributed by atoms with Crippen LogP contribution in [0.4, 0.5) is 4.79 Å². The van der Waals surface area contributed by atoms with E-state index < -0.39 is 24.3 Å². The van der Waals surface area contributed by atoms with Crippen molar-refractivity contribution < 1.29 is 29.3 Å². The molecule has 2 atom stereocenters. The van der Waals surface area contributed by atoms with Crippen molar-refractivity contribution in [3.05, 3.63) is 35.9 Å². The highest BCUT2D eigenvalue weighted by Crippen LogP contribution is 2.14. The zero-order valence-electron chi connectivity index (χ0n) is 14.5. The van der Waals surface area contributed by atoms with Crippen LogP contribution in [0.15, 0.2) is 30.3 Å². The molecule has 2 N–H and O–H groups in total. The second-order valence-corrected chi connectivity index (χ2v) is 5.86. The molecule has 0 radical (unpaired) electrons. The van der Waals surface area contributed by atoms with Gasteiger partial charge in [-0.3, -0.25) is 9.59 Å². The zero-order chi connectivity index (χ0) is 19.5. The number of carbonyl (C=O) groups excluding carboxylic acids is 1. The lowest BCUT2D eigenvalue weighted by atomic mass is 10.0. The summed E-state index contributed by atoms with van der Waals surface area (Å²) in [5.74, 6) is -3.25. The third-order valence-corrected chi connectivity index (χ3v) is 3.92. The minimum atomic E-state index is -1.16. The molecule has 8 nitrogen and oxygen atoms in total. The molecule has 0 unspecified atom stereocenters. The van der Waals surface area contributed by atoms with Gasteiger partial charge in [0.15, 0.2) is 0 Å². The Hall–Kier alpha value is -3.08. The van der Waals surface area contributed by atoms with Crippen LogP contribution in [0.2, 0.25) is 0 Å². The molecule has 0 aromatic heterocycles. The van der Waals surface area contributed by atoms with Gasteiger partial charge in [0.25, 0.3) is 0 Å². The summed E-state index contributed by atoms with van der Waals surface area (Å²) in [6, 6.07) is 12.1. The number of benzene rings is 1. The van der Waals surface area contributed by atoms with E-state index in [2.05, 4.69) is 12.1 Å². The van der Waals surface area contributed by atoms with E-state index >= 15 is 0 Å². The quantitative estimate of drug-likeness (QED) is 0.760. The van der Waals surface area contributed by atoms with Gasteiger partial charge in [-0.2, -0.15) is 5.26 Å². The van der Waals surface area contributed by atoms with Crippen molar-refractivity contribution in [2.24, 2.45) is 5.92 Å². The molecule has 1 amide bonds. The fourth-order valence-corrected chi connectivity index (χ4v) is 2.37. The van der Waals surface area contributed by atoms with Crippen molar-refractivity contribution in [1.29, 1.82) is 5.26 Å². The van der Waals surface area contributed by atoms with E-state index in [4.69, 9.17) is 20.2 Å². The third kappa shape index (κ3) is 7.21. The van der Waals surface area contributed by atoms with Gasteiger partial charge in [-0.15, -0.1) is 0 Å². The highest BCUT2D eigenvalue weighted by molar-refractivity contribution is 5.77. The predicted octanol–water partition coefficient (Wildman–Crippen LogP) is 2.15. The summed E-state index contributed by atoms with van der Waals surface area (Å²) in [6.07, 6.45) is 0.397.